The largest absolute Gasteiger partial charge is 0.416 e. The van der Waals surface area contributed by atoms with E-state index in [1.807, 2.05) is 0 Å². The van der Waals surface area contributed by atoms with Gasteiger partial charge in [-0.25, -0.2) is 0 Å². The molecule has 2 aliphatic rings. The molecular weight excluding hydrogens is 500 g/mol. The second kappa shape index (κ2) is 9.34. The van der Waals surface area contributed by atoms with Crippen LogP contribution in [0.15, 0.2) is 41.6 Å². The molecular formula is C23H20ClF6N3O2. The summed E-state index contributed by atoms with van der Waals surface area (Å²) in [5.41, 5.74) is 1.41. The molecule has 0 aromatic heterocycles. The topological polar surface area (TPSA) is 45.1 Å². The summed E-state index contributed by atoms with van der Waals surface area (Å²) in [7, 11) is 0. The molecule has 0 spiro atoms. The maximum absolute atomic E-state index is 13.1. The first-order valence-electron chi connectivity index (χ1n) is 10.6. The quantitative estimate of drug-likeness (QED) is 0.479. The Kier molecular flexibility index (Phi) is 6.76. The predicted molar refractivity (Wildman–Crippen MR) is 116 cm³/mol. The number of amides is 1. The second-order valence-electron chi connectivity index (χ2n) is 8.51. The molecule has 12 heteroatoms. The highest BCUT2D eigenvalue weighted by Crippen LogP contribution is 2.37. The first-order valence-corrected chi connectivity index (χ1v) is 11.0. The van der Waals surface area contributed by atoms with E-state index < -0.39 is 30.6 Å². The molecule has 1 saturated heterocycles. The summed E-state index contributed by atoms with van der Waals surface area (Å²) in [6.45, 7) is 0.837. The minimum absolute atomic E-state index is 0.0682. The Balaban J connectivity index is 1.44. The van der Waals surface area contributed by atoms with Gasteiger partial charge in [-0.3, -0.25) is 9.69 Å². The molecule has 2 aliphatic heterocycles. The van der Waals surface area contributed by atoms with E-state index in [1.165, 1.54) is 11.0 Å². The fourth-order valence-electron chi connectivity index (χ4n) is 4.14. The van der Waals surface area contributed by atoms with Crippen molar-refractivity contribution in [1.29, 1.82) is 0 Å². The Labute approximate surface area is 201 Å². The van der Waals surface area contributed by atoms with Gasteiger partial charge >= 0.3 is 12.4 Å². The van der Waals surface area contributed by atoms with Crippen molar-refractivity contribution in [2.24, 2.45) is 5.16 Å². The summed E-state index contributed by atoms with van der Waals surface area (Å²) < 4.78 is 77.2. The third-order valence-corrected chi connectivity index (χ3v) is 6.04. The molecule has 35 heavy (non-hydrogen) atoms. The molecule has 188 valence electrons. The van der Waals surface area contributed by atoms with Crippen molar-refractivity contribution in [2.45, 2.75) is 31.8 Å². The van der Waals surface area contributed by atoms with E-state index in [4.69, 9.17) is 16.4 Å². The van der Waals surface area contributed by atoms with Crippen LogP contribution in [-0.4, -0.2) is 53.9 Å². The summed E-state index contributed by atoms with van der Waals surface area (Å²) in [6, 6.07) is 8.10. The van der Waals surface area contributed by atoms with Gasteiger partial charge in [-0.1, -0.05) is 22.8 Å². The standard InChI is InChI=1S/C23H20ClF6N3O2/c1-13-6-14(2-3-18(13)21(34)33-5-4-32(12-33)11-22(25,26)27)19-10-20(35-31-19)15-7-16(23(28,29)30)9-17(24)8-15/h2-3,6-9,20H,4-5,10-12H2,1H3. The molecule has 1 unspecified atom stereocenters. The van der Waals surface area contributed by atoms with E-state index in [2.05, 4.69) is 5.16 Å². The van der Waals surface area contributed by atoms with Crippen molar-refractivity contribution in [2.75, 3.05) is 26.3 Å². The Bertz CT molecular complexity index is 1160. The highest BCUT2D eigenvalue weighted by atomic mass is 35.5. The highest BCUT2D eigenvalue weighted by Gasteiger charge is 2.36. The van der Waals surface area contributed by atoms with Crippen LogP contribution in [-0.2, 0) is 11.0 Å². The monoisotopic (exact) mass is 519 g/mol. The van der Waals surface area contributed by atoms with Gasteiger partial charge in [0.15, 0.2) is 6.10 Å². The maximum Gasteiger partial charge on any atom is 0.416 e. The van der Waals surface area contributed by atoms with Gasteiger partial charge in [-0.05, 0) is 53.9 Å². The second-order valence-corrected chi connectivity index (χ2v) is 8.95. The van der Waals surface area contributed by atoms with E-state index in [0.29, 0.717) is 22.4 Å². The fraction of sp³-hybridized carbons (Fsp3) is 0.391. The Morgan fingerprint density at radius 1 is 1.11 bits per heavy atom. The van der Waals surface area contributed by atoms with Crippen LogP contribution in [0.2, 0.25) is 5.02 Å². The Morgan fingerprint density at radius 3 is 2.51 bits per heavy atom. The summed E-state index contributed by atoms with van der Waals surface area (Å²) in [5, 5.41) is 3.94. The Morgan fingerprint density at radius 2 is 1.86 bits per heavy atom. The first-order chi connectivity index (χ1) is 16.3. The number of carbonyl (C=O) groups excluding carboxylic acids is 1. The molecule has 4 rings (SSSR count). The number of alkyl halides is 6. The van der Waals surface area contributed by atoms with Crippen LogP contribution in [0.25, 0.3) is 0 Å². The molecule has 0 saturated carbocycles. The average Bonchev–Trinajstić information content (AvgIpc) is 3.41. The zero-order valence-electron chi connectivity index (χ0n) is 18.4. The van der Waals surface area contributed by atoms with Gasteiger partial charge in [-0.2, -0.15) is 26.3 Å². The first kappa shape index (κ1) is 25.3. The fourth-order valence-corrected chi connectivity index (χ4v) is 4.38. The van der Waals surface area contributed by atoms with E-state index in [9.17, 15) is 31.1 Å². The number of hydrogen-bond donors (Lipinski definition) is 0. The molecule has 2 aromatic rings. The molecule has 0 radical (unpaired) electrons. The summed E-state index contributed by atoms with van der Waals surface area (Å²) in [4.78, 5) is 20.7. The van der Waals surface area contributed by atoms with Crippen molar-refractivity contribution in [3.8, 4) is 0 Å². The van der Waals surface area contributed by atoms with Crippen LogP contribution < -0.4 is 0 Å². The molecule has 0 aliphatic carbocycles. The predicted octanol–water partition coefficient (Wildman–Crippen LogP) is 5.81. The van der Waals surface area contributed by atoms with Crippen LogP contribution in [0.4, 0.5) is 26.3 Å². The molecule has 0 bridgehead atoms. The van der Waals surface area contributed by atoms with Crippen LogP contribution in [0, 0.1) is 6.92 Å². The number of nitrogens with zero attached hydrogens (tertiary/aromatic N) is 3. The van der Waals surface area contributed by atoms with Crippen molar-refractivity contribution in [3.05, 3.63) is 69.2 Å². The van der Waals surface area contributed by atoms with Gasteiger partial charge in [0.05, 0.1) is 24.5 Å². The van der Waals surface area contributed by atoms with Crippen molar-refractivity contribution in [1.82, 2.24) is 9.80 Å². The van der Waals surface area contributed by atoms with Gasteiger partial charge in [0.25, 0.3) is 5.91 Å². The highest BCUT2D eigenvalue weighted by molar-refractivity contribution is 6.30. The number of carbonyl (C=O) groups is 1. The molecule has 2 aromatic carbocycles. The zero-order valence-corrected chi connectivity index (χ0v) is 19.1. The summed E-state index contributed by atoms with van der Waals surface area (Å²) >= 11 is 5.86. The van der Waals surface area contributed by atoms with Crippen molar-refractivity contribution < 1.29 is 36.0 Å². The SMILES string of the molecule is Cc1cc(C2=NOC(c3cc(Cl)cc(C(F)(F)F)c3)C2)ccc1C(=O)N1CCN(CC(F)(F)F)C1. The van der Waals surface area contributed by atoms with Gasteiger partial charge in [-0.15, -0.1) is 0 Å². The minimum Gasteiger partial charge on any atom is -0.387 e. The van der Waals surface area contributed by atoms with Crippen LogP contribution >= 0.6 is 11.6 Å². The summed E-state index contributed by atoms with van der Waals surface area (Å²) in [5.74, 6) is -0.375. The number of hydrogen-bond acceptors (Lipinski definition) is 4. The van der Waals surface area contributed by atoms with E-state index in [1.54, 1.807) is 25.1 Å². The third-order valence-electron chi connectivity index (χ3n) is 5.83. The lowest BCUT2D eigenvalue weighted by atomic mass is 9.96. The molecule has 1 fully saturated rings. The van der Waals surface area contributed by atoms with Crippen molar-refractivity contribution in [3.63, 3.8) is 0 Å². The van der Waals surface area contributed by atoms with E-state index in [0.717, 1.165) is 17.0 Å². The lowest BCUT2D eigenvalue weighted by Crippen LogP contribution is -2.36. The van der Waals surface area contributed by atoms with E-state index in [-0.39, 0.29) is 42.7 Å². The van der Waals surface area contributed by atoms with Gasteiger partial charge in [0, 0.05) is 30.1 Å². The molecule has 1 amide bonds. The molecule has 0 N–H and O–H groups in total. The van der Waals surface area contributed by atoms with E-state index >= 15 is 0 Å². The van der Waals surface area contributed by atoms with Crippen LogP contribution in [0.5, 0.6) is 0 Å². The summed E-state index contributed by atoms with van der Waals surface area (Å²) in [6.07, 6.45) is -9.45. The third kappa shape index (κ3) is 5.90. The van der Waals surface area contributed by atoms with Crippen LogP contribution in [0.3, 0.4) is 0 Å². The lowest BCUT2D eigenvalue weighted by Gasteiger charge is -2.20. The van der Waals surface area contributed by atoms with Crippen LogP contribution in [0.1, 0.15) is 45.1 Å². The normalized spacial score (nSPS) is 19.1. The Hall–Kier alpha value is -2.79. The van der Waals surface area contributed by atoms with Crippen molar-refractivity contribution >= 4 is 23.2 Å². The lowest BCUT2D eigenvalue weighted by molar-refractivity contribution is -0.144. The number of oxime groups is 1. The molecule has 1 atom stereocenters. The number of rotatable bonds is 4. The smallest absolute Gasteiger partial charge is 0.387 e. The average molecular weight is 520 g/mol. The van der Waals surface area contributed by atoms with Gasteiger partial charge < -0.3 is 9.74 Å². The maximum atomic E-state index is 13.1. The zero-order chi connectivity index (χ0) is 25.5. The minimum atomic E-state index is -4.56. The number of benzene rings is 2. The molecule has 5 nitrogen and oxygen atoms in total. The number of aryl methyl sites for hydroxylation is 1. The van der Waals surface area contributed by atoms with Gasteiger partial charge in [0.1, 0.15) is 0 Å². The number of halogens is 7. The molecule has 2 heterocycles. The van der Waals surface area contributed by atoms with Gasteiger partial charge in [0.2, 0.25) is 0 Å².